The summed E-state index contributed by atoms with van der Waals surface area (Å²) in [5.74, 6) is 1.48. The Hall–Kier alpha value is -0.790. The van der Waals surface area contributed by atoms with Gasteiger partial charge in [0, 0.05) is 19.5 Å². The van der Waals surface area contributed by atoms with E-state index in [4.69, 9.17) is 5.73 Å². The van der Waals surface area contributed by atoms with Crippen molar-refractivity contribution in [2.24, 2.45) is 11.7 Å². The summed E-state index contributed by atoms with van der Waals surface area (Å²) in [5, 5.41) is 12.3. The second-order valence-corrected chi connectivity index (χ2v) is 6.67. The lowest BCUT2D eigenvalue weighted by Crippen LogP contribution is -2.40. The summed E-state index contributed by atoms with van der Waals surface area (Å²) in [6.45, 7) is 7.94. The maximum Gasteiger partial charge on any atom is 0.236 e. The number of nitrogens with two attached hydrogens (primary N) is 1. The Labute approximate surface area is 149 Å². The van der Waals surface area contributed by atoms with Gasteiger partial charge in [-0.3, -0.25) is 4.79 Å². The molecule has 0 aromatic carbocycles. The van der Waals surface area contributed by atoms with Crippen molar-refractivity contribution in [3.8, 4) is 0 Å². The van der Waals surface area contributed by atoms with Crippen LogP contribution in [-0.4, -0.2) is 39.5 Å². The zero-order valence-electron chi connectivity index (χ0n) is 14.5. The van der Waals surface area contributed by atoms with Crippen molar-refractivity contribution < 1.29 is 4.79 Å². The molecule has 1 heterocycles. The molecule has 0 spiro atoms. The van der Waals surface area contributed by atoms with Gasteiger partial charge in [0.1, 0.15) is 5.82 Å². The first-order valence-electron chi connectivity index (χ1n) is 7.98. The van der Waals surface area contributed by atoms with Crippen LogP contribution in [-0.2, 0) is 17.8 Å². The highest BCUT2D eigenvalue weighted by Crippen LogP contribution is 2.16. The predicted molar refractivity (Wildman–Crippen MR) is 98.1 cm³/mol. The molecule has 1 aromatic heterocycles. The zero-order valence-corrected chi connectivity index (χ0v) is 16.2. The smallest absolute Gasteiger partial charge is 0.236 e. The Morgan fingerprint density at radius 3 is 2.65 bits per heavy atom. The number of amides is 1. The first-order chi connectivity index (χ1) is 10.5. The summed E-state index contributed by atoms with van der Waals surface area (Å²) in [4.78, 5) is 11.7. The van der Waals surface area contributed by atoms with Gasteiger partial charge in [-0.2, -0.15) is 0 Å². The monoisotopic (exact) mass is 363 g/mol. The average Bonchev–Trinajstić information content (AvgIpc) is 2.85. The largest absolute Gasteiger partial charge is 0.355 e. The highest BCUT2D eigenvalue weighted by molar-refractivity contribution is 7.98. The molecule has 0 aliphatic rings. The number of hydrogen-bond acceptors (Lipinski definition) is 5. The van der Waals surface area contributed by atoms with Gasteiger partial charge >= 0.3 is 0 Å². The van der Waals surface area contributed by atoms with Crippen LogP contribution in [0.4, 0.5) is 0 Å². The van der Waals surface area contributed by atoms with Gasteiger partial charge in [-0.05, 0) is 25.0 Å². The summed E-state index contributed by atoms with van der Waals surface area (Å²) >= 11 is 1.61. The summed E-state index contributed by atoms with van der Waals surface area (Å²) in [5.41, 5.74) is 5.78. The molecular weight excluding hydrogens is 334 g/mol. The van der Waals surface area contributed by atoms with Gasteiger partial charge in [-0.25, -0.2) is 0 Å². The van der Waals surface area contributed by atoms with Gasteiger partial charge in [0.15, 0.2) is 5.16 Å². The highest BCUT2D eigenvalue weighted by Gasteiger charge is 2.14. The van der Waals surface area contributed by atoms with Gasteiger partial charge in [0.05, 0.1) is 6.04 Å². The molecule has 0 saturated heterocycles. The van der Waals surface area contributed by atoms with Gasteiger partial charge in [-0.1, -0.05) is 39.0 Å². The molecule has 3 N–H and O–H groups in total. The number of rotatable bonds is 10. The van der Waals surface area contributed by atoms with Crippen LogP contribution in [0.2, 0.25) is 0 Å². The molecule has 1 amide bonds. The van der Waals surface area contributed by atoms with Crippen molar-refractivity contribution in [1.82, 2.24) is 20.1 Å². The van der Waals surface area contributed by atoms with Crippen molar-refractivity contribution in [2.75, 3.05) is 12.8 Å². The third-order valence-electron chi connectivity index (χ3n) is 3.34. The number of carbonyl (C=O) groups excluding carboxylic acids is 1. The molecule has 0 saturated carbocycles. The van der Waals surface area contributed by atoms with E-state index in [0.717, 1.165) is 43.2 Å². The minimum atomic E-state index is -0.391. The molecule has 1 aromatic rings. The fourth-order valence-electron chi connectivity index (χ4n) is 2.23. The number of aromatic nitrogens is 3. The number of nitrogens with zero attached hydrogens (tertiary/aromatic N) is 3. The molecule has 0 aliphatic heterocycles. The van der Waals surface area contributed by atoms with E-state index in [1.807, 2.05) is 13.2 Å². The Bertz CT molecular complexity index is 467. The van der Waals surface area contributed by atoms with Crippen LogP contribution in [0, 0.1) is 5.92 Å². The van der Waals surface area contributed by atoms with Gasteiger partial charge in [0.2, 0.25) is 5.91 Å². The van der Waals surface area contributed by atoms with Crippen LogP contribution >= 0.6 is 24.2 Å². The number of hydrogen-bond donors (Lipinski definition) is 2. The first kappa shape index (κ1) is 22.2. The van der Waals surface area contributed by atoms with Gasteiger partial charge in [0.25, 0.3) is 0 Å². The molecule has 8 heteroatoms. The van der Waals surface area contributed by atoms with Crippen LogP contribution in [0.1, 0.15) is 45.9 Å². The number of thioether (sulfide) groups is 1. The van der Waals surface area contributed by atoms with E-state index >= 15 is 0 Å². The Kier molecular flexibility index (Phi) is 11.3. The Balaban J connectivity index is 0.00000484. The third-order valence-corrected chi connectivity index (χ3v) is 4.00. The molecule has 1 rings (SSSR count). The molecule has 23 heavy (non-hydrogen) atoms. The van der Waals surface area contributed by atoms with Crippen molar-refractivity contribution in [3.63, 3.8) is 0 Å². The number of carbonyl (C=O) groups is 1. The lowest BCUT2D eigenvalue weighted by molar-refractivity contribution is -0.122. The van der Waals surface area contributed by atoms with Crippen molar-refractivity contribution >= 4 is 30.1 Å². The molecule has 1 atom stereocenters. The molecular formula is C15H30ClN5OS. The molecule has 0 bridgehead atoms. The second-order valence-electron chi connectivity index (χ2n) is 5.90. The predicted octanol–water partition coefficient (Wildman–Crippen LogP) is 2.25. The van der Waals surface area contributed by atoms with Crippen LogP contribution in [0.25, 0.3) is 0 Å². The quantitative estimate of drug-likeness (QED) is 0.492. The highest BCUT2D eigenvalue weighted by atomic mass is 35.5. The van der Waals surface area contributed by atoms with E-state index in [9.17, 15) is 4.79 Å². The lowest BCUT2D eigenvalue weighted by atomic mass is 10.1. The summed E-state index contributed by atoms with van der Waals surface area (Å²) in [6.07, 6.45) is 5.31. The van der Waals surface area contributed by atoms with Crippen LogP contribution < -0.4 is 11.1 Å². The van der Waals surface area contributed by atoms with Crippen molar-refractivity contribution in [2.45, 2.75) is 64.2 Å². The fourth-order valence-corrected chi connectivity index (χ4v) is 2.76. The van der Waals surface area contributed by atoms with E-state index in [0.29, 0.717) is 12.5 Å². The maximum atomic E-state index is 11.7. The topological polar surface area (TPSA) is 85.8 Å². The summed E-state index contributed by atoms with van der Waals surface area (Å²) in [7, 11) is 0. The number of nitrogens with one attached hydrogen (secondary N) is 1. The fraction of sp³-hybridized carbons (Fsp3) is 0.800. The molecule has 1 unspecified atom stereocenters. The number of halogens is 1. The summed E-state index contributed by atoms with van der Waals surface area (Å²) < 4.78 is 2.18. The Morgan fingerprint density at radius 1 is 1.39 bits per heavy atom. The minimum Gasteiger partial charge on any atom is -0.355 e. The van der Waals surface area contributed by atoms with Crippen molar-refractivity contribution in [3.05, 3.63) is 5.82 Å². The molecule has 134 valence electrons. The third kappa shape index (κ3) is 7.54. The van der Waals surface area contributed by atoms with E-state index in [2.05, 4.69) is 33.9 Å². The second kappa shape index (κ2) is 11.7. The van der Waals surface area contributed by atoms with E-state index < -0.39 is 6.04 Å². The Morgan fingerprint density at radius 2 is 2.09 bits per heavy atom. The molecule has 0 radical (unpaired) electrons. The maximum absolute atomic E-state index is 11.7. The SMILES string of the molecule is CCCC(N)C(=O)NCCCc1nnc(SC)n1CC(C)C.Cl. The zero-order chi connectivity index (χ0) is 16.5. The van der Waals surface area contributed by atoms with Crippen LogP contribution in [0.3, 0.4) is 0 Å². The first-order valence-corrected chi connectivity index (χ1v) is 9.21. The lowest BCUT2D eigenvalue weighted by Gasteiger charge is -2.13. The van der Waals surface area contributed by atoms with E-state index in [1.54, 1.807) is 11.8 Å². The van der Waals surface area contributed by atoms with Gasteiger partial charge in [-0.15, -0.1) is 22.6 Å². The minimum absolute atomic E-state index is 0. The van der Waals surface area contributed by atoms with Crippen LogP contribution in [0.15, 0.2) is 5.16 Å². The van der Waals surface area contributed by atoms with Gasteiger partial charge < -0.3 is 15.6 Å². The van der Waals surface area contributed by atoms with E-state index in [-0.39, 0.29) is 18.3 Å². The standard InChI is InChI=1S/C15H29N5OS.ClH/c1-5-7-12(16)14(21)17-9-6-8-13-18-19-15(22-4)20(13)10-11(2)3;/h11-12H,5-10,16H2,1-4H3,(H,17,21);1H. The van der Waals surface area contributed by atoms with Crippen LogP contribution in [0.5, 0.6) is 0 Å². The average molecular weight is 364 g/mol. The number of aryl methyl sites for hydroxylation is 1. The molecule has 0 aliphatic carbocycles. The molecule has 0 fully saturated rings. The molecule has 6 nitrogen and oxygen atoms in total. The van der Waals surface area contributed by atoms with E-state index in [1.165, 1.54) is 0 Å². The normalized spacial score (nSPS) is 12.1. The summed E-state index contributed by atoms with van der Waals surface area (Å²) in [6, 6.07) is -0.391. The van der Waals surface area contributed by atoms with Crippen molar-refractivity contribution in [1.29, 1.82) is 0 Å².